The first-order chi connectivity index (χ1) is 12.2. The molecular weight excluding hydrogens is 445 g/mol. The molecule has 6 nitrogen and oxygen atoms in total. The molecule has 0 aliphatic carbocycles. The van der Waals surface area contributed by atoms with Crippen molar-refractivity contribution in [1.29, 1.82) is 0 Å². The molecule has 1 rings (SSSR count). The number of halogens is 1. The summed E-state index contributed by atoms with van der Waals surface area (Å²) >= 11 is 0. The lowest BCUT2D eigenvalue weighted by molar-refractivity contribution is -0.143. The first-order valence-corrected chi connectivity index (χ1v) is 8.87. The molecule has 0 fully saturated rings. The zero-order valence-corrected chi connectivity index (χ0v) is 18.3. The monoisotopic (exact) mass is 477 g/mol. The van der Waals surface area contributed by atoms with Gasteiger partial charge in [-0.25, -0.2) is 0 Å². The largest absolute Gasteiger partial charge is 0.466 e. The van der Waals surface area contributed by atoms with Crippen LogP contribution in [0.3, 0.4) is 0 Å². The number of esters is 1. The summed E-state index contributed by atoms with van der Waals surface area (Å²) in [6.45, 7) is 7.13. The molecule has 1 atom stereocenters. The second-order valence-electron chi connectivity index (χ2n) is 5.89. The van der Waals surface area contributed by atoms with Crippen LogP contribution in [0.5, 0.6) is 0 Å². The first-order valence-electron chi connectivity index (χ1n) is 8.87. The van der Waals surface area contributed by atoms with E-state index in [1.165, 1.54) is 5.56 Å². The van der Waals surface area contributed by atoms with Crippen molar-refractivity contribution in [2.75, 3.05) is 33.4 Å². The minimum atomic E-state index is -0.156. The van der Waals surface area contributed by atoms with Crippen LogP contribution < -0.4 is 10.6 Å². The summed E-state index contributed by atoms with van der Waals surface area (Å²) in [5, 5.41) is 6.47. The molecule has 0 saturated heterocycles. The quantitative estimate of drug-likeness (QED) is 0.169. The van der Waals surface area contributed by atoms with Crippen molar-refractivity contribution in [3.8, 4) is 0 Å². The molecule has 0 bridgehead atoms. The Kier molecular flexibility index (Phi) is 15.0. The van der Waals surface area contributed by atoms with Gasteiger partial charge in [0.15, 0.2) is 5.96 Å². The molecule has 7 heteroatoms. The Labute approximate surface area is 174 Å². The van der Waals surface area contributed by atoms with Gasteiger partial charge in [0.2, 0.25) is 0 Å². The average Bonchev–Trinajstić information content (AvgIpc) is 2.62. The number of carbonyl (C=O) groups excluding carboxylic acids is 1. The summed E-state index contributed by atoms with van der Waals surface area (Å²) in [4.78, 5) is 15.4. The van der Waals surface area contributed by atoms with Crippen LogP contribution in [0.4, 0.5) is 0 Å². The lowest BCUT2D eigenvalue weighted by Crippen LogP contribution is -2.40. The molecule has 1 aromatic rings. The van der Waals surface area contributed by atoms with E-state index in [0.717, 1.165) is 18.9 Å². The zero-order chi connectivity index (χ0) is 18.3. The zero-order valence-electron chi connectivity index (χ0n) is 16.0. The maximum atomic E-state index is 11.3. The van der Waals surface area contributed by atoms with Crippen molar-refractivity contribution >= 4 is 35.9 Å². The highest BCUT2D eigenvalue weighted by Crippen LogP contribution is 2.02. The number of aliphatic imine (C=N–C) groups is 1. The summed E-state index contributed by atoms with van der Waals surface area (Å²) in [5.41, 5.74) is 1.18. The third-order valence-corrected chi connectivity index (χ3v) is 3.51. The molecular formula is C19H32IN3O3. The van der Waals surface area contributed by atoms with E-state index in [4.69, 9.17) is 9.47 Å². The average molecular weight is 477 g/mol. The van der Waals surface area contributed by atoms with Gasteiger partial charge in [0.25, 0.3) is 0 Å². The van der Waals surface area contributed by atoms with Crippen LogP contribution in [0.1, 0.15) is 32.3 Å². The van der Waals surface area contributed by atoms with Crippen LogP contribution in [-0.2, 0) is 20.9 Å². The highest BCUT2D eigenvalue weighted by molar-refractivity contribution is 14.0. The van der Waals surface area contributed by atoms with Gasteiger partial charge in [-0.2, -0.15) is 0 Å². The molecule has 26 heavy (non-hydrogen) atoms. The van der Waals surface area contributed by atoms with Crippen molar-refractivity contribution in [1.82, 2.24) is 10.6 Å². The van der Waals surface area contributed by atoms with Crippen molar-refractivity contribution < 1.29 is 14.3 Å². The van der Waals surface area contributed by atoms with Gasteiger partial charge in [-0.05, 0) is 24.8 Å². The number of hydrogen-bond acceptors (Lipinski definition) is 4. The second kappa shape index (κ2) is 15.9. The van der Waals surface area contributed by atoms with Gasteiger partial charge in [0.1, 0.15) is 0 Å². The molecule has 0 amide bonds. The number of guanidine groups is 1. The van der Waals surface area contributed by atoms with E-state index in [2.05, 4.69) is 34.7 Å². The van der Waals surface area contributed by atoms with E-state index >= 15 is 0 Å². The minimum absolute atomic E-state index is 0. The minimum Gasteiger partial charge on any atom is -0.466 e. The van der Waals surface area contributed by atoms with E-state index in [1.807, 2.05) is 25.1 Å². The predicted molar refractivity (Wildman–Crippen MR) is 116 cm³/mol. The molecule has 0 heterocycles. The Morgan fingerprint density at radius 3 is 2.62 bits per heavy atom. The van der Waals surface area contributed by atoms with Gasteiger partial charge in [0.05, 0.1) is 19.8 Å². The van der Waals surface area contributed by atoms with Crippen molar-refractivity contribution in [2.24, 2.45) is 10.9 Å². The topological polar surface area (TPSA) is 72.0 Å². The smallest absolute Gasteiger partial charge is 0.305 e. The standard InChI is InChI=1S/C19H31N3O3.HI/c1-4-25-18(23)11-8-12-21-19(20-3)22-13-16(2)14-24-15-17-9-6-5-7-10-17;/h5-7,9-10,16H,4,8,11-15H2,1-3H3,(H2,20,21,22);1H. The third kappa shape index (κ3) is 12.1. The molecule has 0 aliphatic heterocycles. The molecule has 2 N–H and O–H groups in total. The third-order valence-electron chi connectivity index (χ3n) is 3.51. The van der Waals surface area contributed by atoms with Crippen LogP contribution in [0, 0.1) is 5.92 Å². The molecule has 1 aromatic carbocycles. The summed E-state index contributed by atoms with van der Waals surface area (Å²) in [7, 11) is 1.73. The van der Waals surface area contributed by atoms with E-state index in [0.29, 0.717) is 38.7 Å². The Hall–Kier alpha value is -1.35. The maximum absolute atomic E-state index is 11.3. The molecule has 0 aliphatic rings. The number of hydrogen-bond donors (Lipinski definition) is 2. The number of rotatable bonds is 11. The highest BCUT2D eigenvalue weighted by Gasteiger charge is 2.05. The number of ether oxygens (including phenoxy) is 2. The van der Waals surface area contributed by atoms with Crippen molar-refractivity contribution in [2.45, 2.75) is 33.3 Å². The van der Waals surface area contributed by atoms with E-state index in [9.17, 15) is 4.79 Å². The van der Waals surface area contributed by atoms with E-state index < -0.39 is 0 Å². The molecule has 0 aromatic heterocycles. The SMILES string of the molecule is CCOC(=O)CCCNC(=NC)NCC(C)COCc1ccccc1.I. The number of nitrogens with zero attached hydrogens (tertiary/aromatic N) is 1. The van der Waals surface area contributed by atoms with Gasteiger partial charge < -0.3 is 20.1 Å². The van der Waals surface area contributed by atoms with Gasteiger partial charge >= 0.3 is 5.97 Å². The molecule has 0 spiro atoms. The van der Waals surface area contributed by atoms with Gasteiger partial charge in [0, 0.05) is 26.6 Å². The second-order valence-corrected chi connectivity index (χ2v) is 5.89. The molecule has 148 valence electrons. The van der Waals surface area contributed by atoms with E-state index in [-0.39, 0.29) is 29.9 Å². The molecule has 1 unspecified atom stereocenters. The molecule has 0 radical (unpaired) electrons. The lowest BCUT2D eigenvalue weighted by atomic mass is 10.2. The van der Waals surface area contributed by atoms with Gasteiger partial charge in [-0.1, -0.05) is 37.3 Å². The van der Waals surface area contributed by atoms with Gasteiger partial charge in [-0.3, -0.25) is 9.79 Å². The number of carbonyl (C=O) groups is 1. The number of nitrogens with one attached hydrogen (secondary N) is 2. The Balaban J connectivity index is 0.00000625. The number of benzene rings is 1. The van der Waals surface area contributed by atoms with Crippen molar-refractivity contribution in [3.05, 3.63) is 35.9 Å². The Bertz CT molecular complexity index is 512. The van der Waals surface area contributed by atoms with Crippen molar-refractivity contribution in [3.63, 3.8) is 0 Å². The van der Waals surface area contributed by atoms with Crippen LogP contribution >= 0.6 is 24.0 Å². The highest BCUT2D eigenvalue weighted by atomic mass is 127. The lowest BCUT2D eigenvalue weighted by Gasteiger charge is -2.16. The molecule has 0 saturated carbocycles. The summed E-state index contributed by atoms with van der Waals surface area (Å²) < 4.78 is 10.6. The summed E-state index contributed by atoms with van der Waals surface area (Å²) in [5.74, 6) is 0.942. The Morgan fingerprint density at radius 1 is 1.23 bits per heavy atom. The fraction of sp³-hybridized carbons (Fsp3) is 0.579. The summed E-state index contributed by atoms with van der Waals surface area (Å²) in [6, 6.07) is 10.2. The van der Waals surface area contributed by atoms with E-state index in [1.54, 1.807) is 7.05 Å². The summed E-state index contributed by atoms with van der Waals surface area (Å²) in [6.07, 6.45) is 1.14. The van der Waals surface area contributed by atoms with Gasteiger partial charge in [-0.15, -0.1) is 24.0 Å². The Morgan fingerprint density at radius 2 is 1.96 bits per heavy atom. The van der Waals surface area contributed by atoms with Crippen LogP contribution in [0.15, 0.2) is 35.3 Å². The fourth-order valence-electron chi connectivity index (χ4n) is 2.18. The maximum Gasteiger partial charge on any atom is 0.305 e. The predicted octanol–water partition coefficient (Wildman–Crippen LogP) is 2.97. The van der Waals surface area contributed by atoms with Crippen LogP contribution in [-0.4, -0.2) is 45.3 Å². The fourth-order valence-corrected chi connectivity index (χ4v) is 2.18. The first kappa shape index (κ1) is 24.7. The van der Waals surface area contributed by atoms with Crippen LogP contribution in [0.25, 0.3) is 0 Å². The normalized spacial score (nSPS) is 12.0. The van der Waals surface area contributed by atoms with Crippen LogP contribution in [0.2, 0.25) is 0 Å².